The van der Waals surface area contributed by atoms with Crippen molar-refractivity contribution in [3.05, 3.63) is 98.4 Å². The van der Waals surface area contributed by atoms with Crippen molar-refractivity contribution in [3.63, 3.8) is 0 Å². The first-order valence-corrected chi connectivity index (χ1v) is 10.1. The topological polar surface area (TPSA) is 78.5 Å². The normalized spacial score (nSPS) is 11.1. The van der Waals surface area contributed by atoms with Crippen molar-refractivity contribution in [1.82, 2.24) is 19.2 Å². The summed E-state index contributed by atoms with van der Waals surface area (Å²) in [6.07, 6.45) is 1.73. The van der Waals surface area contributed by atoms with Crippen LogP contribution in [0.3, 0.4) is 0 Å². The summed E-state index contributed by atoms with van der Waals surface area (Å²) in [4.78, 5) is 29.5. The summed E-state index contributed by atoms with van der Waals surface area (Å²) in [6.45, 7) is 8.08. The zero-order chi connectivity index (χ0) is 22.1. The van der Waals surface area contributed by atoms with E-state index in [0.29, 0.717) is 29.1 Å². The predicted octanol–water partition coefficient (Wildman–Crippen LogP) is 3.53. The zero-order valence-corrected chi connectivity index (χ0v) is 18.0. The Labute approximate surface area is 179 Å². The van der Waals surface area contributed by atoms with Gasteiger partial charge in [0.15, 0.2) is 0 Å². The molecule has 7 nitrogen and oxygen atoms in total. The molecular weight excluding hydrogens is 392 g/mol. The lowest BCUT2D eigenvalue weighted by Crippen LogP contribution is -2.17. The van der Waals surface area contributed by atoms with Gasteiger partial charge in [-0.25, -0.2) is 9.78 Å². The molecule has 4 aromatic rings. The Morgan fingerprint density at radius 3 is 2.45 bits per heavy atom. The highest BCUT2D eigenvalue weighted by molar-refractivity contribution is 5.91. The van der Waals surface area contributed by atoms with Gasteiger partial charge in [0.05, 0.1) is 23.6 Å². The number of rotatable bonds is 5. The van der Waals surface area contributed by atoms with Crippen LogP contribution in [-0.4, -0.2) is 25.1 Å². The number of fused-ring (bicyclic) bond motifs is 1. The van der Waals surface area contributed by atoms with Crippen molar-refractivity contribution < 1.29 is 9.53 Å². The molecule has 0 aliphatic rings. The van der Waals surface area contributed by atoms with E-state index in [9.17, 15) is 9.59 Å². The van der Waals surface area contributed by atoms with Gasteiger partial charge < -0.3 is 4.74 Å². The van der Waals surface area contributed by atoms with Crippen LogP contribution < -0.4 is 5.56 Å². The Balaban J connectivity index is 1.52. The molecule has 3 aromatic heterocycles. The Morgan fingerprint density at radius 1 is 1.00 bits per heavy atom. The Hall–Kier alpha value is -3.74. The van der Waals surface area contributed by atoms with Gasteiger partial charge in [-0.05, 0) is 44.9 Å². The molecule has 0 fully saturated rings. The van der Waals surface area contributed by atoms with Crippen LogP contribution in [0, 0.1) is 27.7 Å². The maximum atomic E-state index is 12.8. The second kappa shape index (κ2) is 8.18. The number of pyridine rings is 1. The molecule has 0 saturated heterocycles. The Bertz CT molecular complexity index is 1330. The maximum absolute atomic E-state index is 12.8. The van der Waals surface area contributed by atoms with Crippen molar-refractivity contribution in [2.45, 2.75) is 40.8 Å². The van der Waals surface area contributed by atoms with Crippen LogP contribution >= 0.6 is 0 Å². The lowest BCUT2D eigenvalue weighted by molar-refractivity contribution is 0.0466. The second-order valence-corrected chi connectivity index (χ2v) is 7.79. The number of nitrogens with zero attached hydrogens (tertiary/aromatic N) is 4. The molecule has 7 heteroatoms. The number of hydrogen-bond donors (Lipinski definition) is 0. The summed E-state index contributed by atoms with van der Waals surface area (Å²) < 4.78 is 8.76. The number of hydrogen-bond acceptors (Lipinski definition) is 5. The van der Waals surface area contributed by atoms with Gasteiger partial charge in [0, 0.05) is 12.3 Å². The lowest BCUT2D eigenvalue weighted by Gasteiger charge is -2.08. The molecule has 0 unspecified atom stereocenters. The first-order valence-electron chi connectivity index (χ1n) is 10.1. The molecule has 0 atom stereocenters. The number of esters is 1. The van der Waals surface area contributed by atoms with Crippen LogP contribution in [-0.2, 0) is 17.9 Å². The highest BCUT2D eigenvalue weighted by atomic mass is 16.5. The zero-order valence-electron chi connectivity index (χ0n) is 18.0. The lowest BCUT2D eigenvalue weighted by atomic mass is 10.1. The van der Waals surface area contributed by atoms with Gasteiger partial charge >= 0.3 is 5.97 Å². The van der Waals surface area contributed by atoms with Crippen LogP contribution in [0.25, 0.3) is 5.65 Å². The van der Waals surface area contributed by atoms with Gasteiger partial charge in [-0.2, -0.15) is 5.10 Å². The van der Waals surface area contributed by atoms with Gasteiger partial charge in [-0.1, -0.05) is 35.9 Å². The number of carbonyl (C=O) groups excluding carboxylic acids is 1. The van der Waals surface area contributed by atoms with Gasteiger partial charge in [-0.15, -0.1) is 0 Å². The van der Waals surface area contributed by atoms with Gasteiger partial charge in [-0.3, -0.25) is 13.9 Å². The standard InChI is InChI=1S/C24H24N4O3/c1-15-5-8-19(9-6-15)13-28-18(4)23(17(3)26-28)24(30)31-14-20-11-22(29)27-12-16(2)7-10-21(27)25-20/h5-12H,13-14H2,1-4H3. The third kappa shape index (κ3) is 4.26. The number of benzene rings is 1. The number of aryl methyl sites for hydroxylation is 3. The largest absolute Gasteiger partial charge is 0.455 e. The number of aromatic nitrogens is 4. The van der Waals surface area contributed by atoms with Crippen LogP contribution in [0.4, 0.5) is 0 Å². The van der Waals surface area contributed by atoms with Gasteiger partial charge in [0.1, 0.15) is 17.8 Å². The molecule has 0 N–H and O–H groups in total. The Kier molecular flexibility index (Phi) is 5.42. The van der Waals surface area contributed by atoms with Crippen molar-refractivity contribution in [2.75, 3.05) is 0 Å². The van der Waals surface area contributed by atoms with E-state index in [-0.39, 0.29) is 12.2 Å². The van der Waals surface area contributed by atoms with Crippen molar-refractivity contribution in [2.24, 2.45) is 0 Å². The van der Waals surface area contributed by atoms with Gasteiger partial charge in [0.2, 0.25) is 0 Å². The fourth-order valence-corrected chi connectivity index (χ4v) is 3.56. The molecule has 0 aliphatic carbocycles. The molecule has 31 heavy (non-hydrogen) atoms. The van der Waals surface area contributed by atoms with Crippen molar-refractivity contribution >= 4 is 11.6 Å². The second-order valence-electron chi connectivity index (χ2n) is 7.79. The van der Waals surface area contributed by atoms with E-state index in [2.05, 4.69) is 34.3 Å². The van der Waals surface area contributed by atoms with E-state index >= 15 is 0 Å². The molecule has 0 saturated carbocycles. The molecule has 3 heterocycles. The maximum Gasteiger partial charge on any atom is 0.342 e. The SMILES string of the molecule is Cc1ccc(Cn2nc(C)c(C(=O)OCc3cc(=O)n4cc(C)ccc4n3)c2C)cc1. The molecule has 0 amide bonds. The summed E-state index contributed by atoms with van der Waals surface area (Å²) in [7, 11) is 0. The number of carbonyl (C=O) groups is 1. The molecule has 0 radical (unpaired) electrons. The summed E-state index contributed by atoms with van der Waals surface area (Å²) in [5.74, 6) is -0.476. The van der Waals surface area contributed by atoms with E-state index in [1.807, 2.05) is 26.8 Å². The van der Waals surface area contributed by atoms with E-state index in [0.717, 1.165) is 16.8 Å². The van der Waals surface area contributed by atoms with E-state index < -0.39 is 5.97 Å². The minimum Gasteiger partial charge on any atom is -0.455 e. The summed E-state index contributed by atoms with van der Waals surface area (Å²) in [6, 6.07) is 13.2. The van der Waals surface area contributed by atoms with E-state index in [1.54, 1.807) is 23.9 Å². The average Bonchev–Trinajstić information content (AvgIpc) is 3.01. The minimum absolute atomic E-state index is 0.0829. The molecule has 0 spiro atoms. The highest BCUT2D eigenvalue weighted by Gasteiger charge is 2.20. The highest BCUT2D eigenvalue weighted by Crippen LogP contribution is 2.17. The van der Waals surface area contributed by atoms with Crippen molar-refractivity contribution in [1.29, 1.82) is 0 Å². The molecule has 1 aromatic carbocycles. The fraction of sp³-hybridized carbons (Fsp3) is 0.250. The summed E-state index contributed by atoms with van der Waals surface area (Å²) >= 11 is 0. The molecule has 0 aliphatic heterocycles. The van der Waals surface area contributed by atoms with Crippen molar-refractivity contribution in [3.8, 4) is 0 Å². The average molecular weight is 416 g/mol. The summed E-state index contributed by atoms with van der Waals surface area (Å²) in [5.41, 5.74) is 5.77. The van der Waals surface area contributed by atoms with Crippen LogP contribution in [0.1, 0.15) is 44.1 Å². The van der Waals surface area contributed by atoms with E-state index in [1.165, 1.54) is 16.0 Å². The van der Waals surface area contributed by atoms with E-state index in [4.69, 9.17) is 4.74 Å². The molecule has 0 bridgehead atoms. The third-order valence-electron chi connectivity index (χ3n) is 5.25. The summed E-state index contributed by atoms with van der Waals surface area (Å²) in [5, 5.41) is 4.51. The van der Waals surface area contributed by atoms with Gasteiger partial charge in [0.25, 0.3) is 5.56 Å². The quantitative estimate of drug-likeness (QED) is 0.465. The fourth-order valence-electron chi connectivity index (χ4n) is 3.56. The third-order valence-corrected chi connectivity index (χ3v) is 5.25. The van der Waals surface area contributed by atoms with Crippen LogP contribution in [0.2, 0.25) is 0 Å². The smallest absolute Gasteiger partial charge is 0.342 e. The predicted molar refractivity (Wildman–Crippen MR) is 117 cm³/mol. The molecule has 4 rings (SSSR count). The number of ether oxygens (including phenoxy) is 1. The first kappa shape index (κ1) is 20.5. The molecule has 158 valence electrons. The minimum atomic E-state index is -0.476. The van der Waals surface area contributed by atoms with Crippen LogP contribution in [0.5, 0.6) is 0 Å². The van der Waals surface area contributed by atoms with Crippen LogP contribution in [0.15, 0.2) is 53.5 Å². The Morgan fingerprint density at radius 2 is 1.71 bits per heavy atom. The first-order chi connectivity index (χ1) is 14.8. The monoisotopic (exact) mass is 416 g/mol. The molecular formula is C24H24N4O3.